The summed E-state index contributed by atoms with van der Waals surface area (Å²) >= 11 is 3.31. The van der Waals surface area contributed by atoms with Crippen molar-refractivity contribution >= 4 is 27.5 Å². The third-order valence-electron chi connectivity index (χ3n) is 3.81. The summed E-state index contributed by atoms with van der Waals surface area (Å²) in [5.74, 6) is 0.585. The Kier molecular flexibility index (Phi) is 4.34. The fourth-order valence-corrected chi connectivity index (χ4v) is 2.93. The Morgan fingerprint density at radius 2 is 1.96 bits per heavy atom. The first kappa shape index (κ1) is 16.6. The molecule has 0 bridgehead atoms. The Labute approximate surface area is 156 Å². The molecule has 0 saturated heterocycles. The van der Waals surface area contributed by atoms with Gasteiger partial charge in [-0.05, 0) is 46.3 Å². The summed E-state index contributed by atoms with van der Waals surface area (Å²) in [6.07, 6.45) is 1.63. The van der Waals surface area contributed by atoms with Gasteiger partial charge >= 0.3 is 5.97 Å². The number of nitrogens with zero attached hydrogens (tertiary/aromatic N) is 2. The van der Waals surface area contributed by atoms with Crippen LogP contribution in [0.25, 0.3) is 5.65 Å². The van der Waals surface area contributed by atoms with Crippen LogP contribution in [0.2, 0.25) is 0 Å². The Balaban J connectivity index is 1.52. The summed E-state index contributed by atoms with van der Waals surface area (Å²) in [5.41, 5.74) is 0.951. The van der Waals surface area contributed by atoms with Crippen molar-refractivity contribution < 1.29 is 19.0 Å². The van der Waals surface area contributed by atoms with Crippen molar-refractivity contribution in [2.45, 2.75) is 6.61 Å². The van der Waals surface area contributed by atoms with Gasteiger partial charge in [-0.2, -0.15) is 0 Å². The van der Waals surface area contributed by atoms with Gasteiger partial charge in [-0.1, -0.05) is 0 Å². The van der Waals surface area contributed by atoms with Crippen LogP contribution in [-0.2, 0) is 11.3 Å². The highest BCUT2D eigenvalue weighted by atomic mass is 79.9. The summed E-state index contributed by atoms with van der Waals surface area (Å²) in [6.45, 7) is 0.818. The van der Waals surface area contributed by atoms with Crippen LogP contribution >= 0.6 is 15.9 Å². The number of pyridine rings is 1. The van der Waals surface area contributed by atoms with Crippen LogP contribution in [0.1, 0.15) is 16.1 Å². The van der Waals surface area contributed by atoms with Gasteiger partial charge in [-0.15, -0.1) is 0 Å². The second-order valence-corrected chi connectivity index (χ2v) is 6.51. The second-order valence-electron chi connectivity index (χ2n) is 5.60. The van der Waals surface area contributed by atoms with E-state index in [1.54, 1.807) is 36.5 Å². The molecule has 1 aliphatic heterocycles. The lowest BCUT2D eigenvalue weighted by Crippen LogP contribution is -2.17. The Hall–Kier alpha value is -2.87. The first-order valence-electron chi connectivity index (χ1n) is 7.85. The molecule has 0 fully saturated rings. The van der Waals surface area contributed by atoms with Crippen molar-refractivity contribution in [3.8, 4) is 11.5 Å². The van der Waals surface area contributed by atoms with E-state index in [2.05, 4.69) is 20.9 Å². The van der Waals surface area contributed by atoms with E-state index < -0.39 is 5.97 Å². The number of aromatic nitrogens is 2. The fourth-order valence-electron chi connectivity index (χ4n) is 2.59. The molecule has 0 unspecified atom stereocenters. The van der Waals surface area contributed by atoms with E-state index in [4.69, 9.17) is 14.2 Å². The molecule has 0 spiro atoms. The van der Waals surface area contributed by atoms with Gasteiger partial charge in [-0.25, -0.2) is 9.78 Å². The zero-order valence-corrected chi connectivity index (χ0v) is 15.1. The molecule has 3 heterocycles. The SMILES string of the molecule is O=C(OCc1cc(=O)n2cc(Br)ccc2n1)c1ccc2c(c1)OCCO2. The number of hydrogen-bond acceptors (Lipinski definition) is 6. The molecule has 7 nitrogen and oxygen atoms in total. The molecule has 1 aromatic carbocycles. The molecule has 0 aliphatic carbocycles. The van der Waals surface area contributed by atoms with Crippen LogP contribution in [0.15, 0.2) is 51.9 Å². The number of benzene rings is 1. The lowest BCUT2D eigenvalue weighted by atomic mass is 10.2. The van der Waals surface area contributed by atoms with Gasteiger partial charge < -0.3 is 14.2 Å². The van der Waals surface area contributed by atoms with E-state index in [0.29, 0.717) is 41.6 Å². The maximum absolute atomic E-state index is 12.3. The Morgan fingerprint density at radius 1 is 1.15 bits per heavy atom. The van der Waals surface area contributed by atoms with E-state index in [0.717, 1.165) is 4.47 Å². The molecule has 2 aromatic heterocycles. The maximum Gasteiger partial charge on any atom is 0.338 e. The highest BCUT2D eigenvalue weighted by Gasteiger charge is 2.16. The molecule has 26 heavy (non-hydrogen) atoms. The van der Waals surface area contributed by atoms with E-state index in [1.165, 1.54) is 10.5 Å². The molecule has 3 aromatic rings. The van der Waals surface area contributed by atoms with Crippen molar-refractivity contribution in [1.82, 2.24) is 9.38 Å². The van der Waals surface area contributed by atoms with Crippen LogP contribution in [-0.4, -0.2) is 28.6 Å². The van der Waals surface area contributed by atoms with Gasteiger partial charge in [0.2, 0.25) is 0 Å². The van der Waals surface area contributed by atoms with Crippen LogP contribution < -0.4 is 15.0 Å². The van der Waals surface area contributed by atoms with Gasteiger partial charge in [0, 0.05) is 16.7 Å². The highest BCUT2D eigenvalue weighted by Crippen LogP contribution is 2.30. The minimum absolute atomic E-state index is 0.102. The number of esters is 1. The van der Waals surface area contributed by atoms with Gasteiger partial charge in [0.25, 0.3) is 5.56 Å². The monoisotopic (exact) mass is 416 g/mol. The number of hydrogen-bond donors (Lipinski definition) is 0. The average Bonchev–Trinajstić information content (AvgIpc) is 2.66. The molecule has 0 saturated carbocycles. The first-order valence-corrected chi connectivity index (χ1v) is 8.64. The predicted octanol–water partition coefficient (Wildman–Crippen LogP) is 2.59. The van der Waals surface area contributed by atoms with Crippen LogP contribution in [0, 0.1) is 0 Å². The van der Waals surface area contributed by atoms with Crippen LogP contribution in [0.4, 0.5) is 0 Å². The summed E-state index contributed by atoms with van der Waals surface area (Å²) in [6, 6.07) is 9.69. The van der Waals surface area contributed by atoms with Crippen LogP contribution in [0.5, 0.6) is 11.5 Å². The minimum atomic E-state index is -0.528. The standard InChI is InChI=1S/C18H13BrN2O5/c19-12-2-4-16-20-13(8-17(22)21(16)9-12)10-26-18(23)11-1-3-14-15(7-11)25-6-5-24-14/h1-4,7-9H,5-6,10H2. The van der Waals surface area contributed by atoms with Crippen molar-refractivity contribution in [2.24, 2.45) is 0 Å². The summed E-state index contributed by atoms with van der Waals surface area (Å²) in [7, 11) is 0. The van der Waals surface area contributed by atoms with Gasteiger partial charge in [0.1, 0.15) is 25.5 Å². The number of carbonyl (C=O) groups is 1. The number of carbonyl (C=O) groups excluding carboxylic acids is 1. The minimum Gasteiger partial charge on any atom is -0.486 e. The van der Waals surface area contributed by atoms with Crippen molar-refractivity contribution in [2.75, 3.05) is 13.2 Å². The van der Waals surface area contributed by atoms with Crippen molar-refractivity contribution in [3.63, 3.8) is 0 Å². The van der Waals surface area contributed by atoms with Crippen molar-refractivity contribution in [3.05, 3.63) is 68.7 Å². The average molecular weight is 417 g/mol. The molecule has 0 N–H and O–H groups in total. The smallest absolute Gasteiger partial charge is 0.338 e. The topological polar surface area (TPSA) is 79.1 Å². The predicted molar refractivity (Wildman–Crippen MR) is 95.7 cm³/mol. The Morgan fingerprint density at radius 3 is 2.81 bits per heavy atom. The van der Waals surface area contributed by atoms with Gasteiger partial charge in [-0.3, -0.25) is 9.20 Å². The molecule has 0 atom stereocenters. The number of ether oxygens (including phenoxy) is 3. The number of rotatable bonds is 3. The Bertz CT molecular complexity index is 1060. The summed E-state index contributed by atoms with van der Waals surface area (Å²) in [5, 5.41) is 0. The molecule has 8 heteroatoms. The van der Waals surface area contributed by atoms with Crippen LogP contribution in [0.3, 0.4) is 0 Å². The first-order chi connectivity index (χ1) is 12.6. The molecule has 4 rings (SSSR count). The highest BCUT2D eigenvalue weighted by molar-refractivity contribution is 9.10. The normalized spacial score (nSPS) is 12.8. The van der Waals surface area contributed by atoms with Crippen molar-refractivity contribution in [1.29, 1.82) is 0 Å². The molecule has 0 amide bonds. The number of fused-ring (bicyclic) bond motifs is 2. The summed E-state index contributed by atoms with van der Waals surface area (Å²) < 4.78 is 18.3. The second kappa shape index (κ2) is 6.80. The van der Waals surface area contributed by atoms with E-state index >= 15 is 0 Å². The maximum atomic E-state index is 12.3. The largest absolute Gasteiger partial charge is 0.486 e. The molecule has 1 aliphatic rings. The molecular weight excluding hydrogens is 404 g/mol. The fraction of sp³-hybridized carbons (Fsp3) is 0.167. The lowest BCUT2D eigenvalue weighted by molar-refractivity contribution is 0.0466. The number of halogens is 1. The molecular formula is C18H13BrN2O5. The van der Waals surface area contributed by atoms with E-state index in [9.17, 15) is 9.59 Å². The quantitative estimate of drug-likeness (QED) is 0.610. The van der Waals surface area contributed by atoms with E-state index in [-0.39, 0.29) is 12.2 Å². The van der Waals surface area contributed by atoms with Gasteiger partial charge in [0.15, 0.2) is 11.5 Å². The molecule has 132 valence electrons. The zero-order valence-electron chi connectivity index (χ0n) is 13.5. The lowest BCUT2D eigenvalue weighted by Gasteiger charge is -2.18. The zero-order chi connectivity index (χ0) is 18.1. The third kappa shape index (κ3) is 3.28. The molecule has 0 radical (unpaired) electrons. The van der Waals surface area contributed by atoms with E-state index in [1.807, 2.05) is 0 Å². The summed E-state index contributed by atoms with van der Waals surface area (Å²) in [4.78, 5) is 28.8. The third-order valence-corrected chi connectivity index (χ3v) is 4.27. The van der Waals surface area contributed by atoms with Gasteiger partial charge in [0.05, 0.1) is 11.3 Å².